The lowest BCUT2D eigenvalue weighted by atomic mass is 10.2. The van der Waals surface area contributed by atoms with Crippen molar-refractivity contribution >= 4 is 17.5 Å². The minimum absolute atomic E-state index is 0.0255. The van der Waals surface area contributed by atoms with Crippen LogP contribution in [0.5, 0.6) is 5.75 Å². The number of rotatable bonds is 2. The number of benzene rings is 1. The van der Waals surface area contributed by atoms with Crippen LogP contribution in [-0.4, -0.2) is 30.3 Å². The van der Waals surface area contributed by atoms with Crippen molar-refractivity contribution in [2.75, 3.05) is 13.2 Å². The van der Waals surface area contributed by atoms with Crippen LogP contribution >= 0.6 is 11.6 Å². The molecule has 5 heteroatoms. The standard InChI is InChI=1S/C11H12ClNO3/c12-9-5-7(1-2-10(9)14)11(15)13-8-3-4-16-6-8/h1-2,5,8,14H,3-4,6H2,(H,13,15). The maximum absolute atomic E-state index is 11.8. The highest BCUT2D eigenvalue weighted by Gasteiger charge is 2.18. The Bertz CT molecular complexity index is 402. The van der Waals surface area contributed by atoms with Crippen molar-refractivity contribution in [3.8, 4) is 5.75 Å². The third-order valence-electron chi connectivity index (χ3n) is 2.47. The summed E-state index contributed by atoms with van der Waals surface area (Å²) in [4.78, 5) is 11.8. The first-order valence-electron chi connectivity index (χ1n) is 5.04. The molecule has 0 spiro atoms. The molecule has 2 N–H and O–H groups in total. The van der Waals surface area contributed by atoms with Gasteiger partial charge in [-0.05, 0) is 24.6 Å². The first-order valence-corrected chi connectivity index (χ1v) is 5.42. The van der Waals surface area contributed by atoms with Crippen LogP contribution in [0.4, 0.5) is 0 Å². The number of amides is 1. The van der Waals surface area contributed by atoms with Gasteiger partial charge in [0, 0.05) is 12.2 Å². The largest absolute Gasteiger partial charge is 0.506 e. The number of phenolic OH excluding ortho intramolecular Hbond substituents is 1. The Morgan fingerprint density at radius 1 is 1.56 bits per heavy atom. The van der Waals surface area contributed by atoms with Gasteiger partial charge in [0.15, 0.2) is 0 Å². The molecule has 1 heterocycles. The zero-order valence-corrected chi connectivity index (χ0v) is 9.33. The van der Waals surface area contributed by atoms with E-state index in [4.69, 9.17) is 16.3 Å². The smallest absolute Gasteiger partial charge is 0.251 e. The van der Waals surface area contributed by atoms with E-state index < -0.39 is 0 Å². The molecule has 1 unspecified atom stereocenters. The van der Waals surface area contributed by atoms with Crippen molar-refractivity contribution in [3.63, 3.8) is 0 Å². The van der Waals surface area contributed by atoms with E-state index in [-0.39, 0.29) is 22.7 Å². The van der Waals surface area contributed by atoms with E-state index in [1.165, 1.54) is 18.2 Å². The van der Waals surface area contributed by atoms with E-state index in [0.717, 1.165) is 6.42 Å². The molecule has 0 aromatic heterocycles. The summed E-state index contributed by atoms with van der Waals surface area (Å²) in [7, 11) is 0. The summed E-state index contributed by atoms with van der Waals surface area (Å²) in [5.41, 5.74) is 0.440. The lowest BCUT2D eigenvalue weighted by Gasteiger charge is -2.10. The molecule has 0 radical (unpaired) electrons. The topological polar surface area (TPSA) is 58.6 Å². The van der Waals surface area contributed by atoms with Crippen molar-refractivity contribution < 1.29 is 14.6 Å². The summed E-state index contributed by atoms with van der Waals surface area (Å²) in [5, 5.41) is 12.2. The average Bonchev–Trinajstić information content (AvgIpc) is 2.74. The van der Waals surface area contributed by atoms with E-state index >= 15 is 0 Å². The fourth-order valence-corrected chi connectivity index (χ4v) is 1.75. The molecule has 1 aliphatic heterocycles. The molecule has 1 aromatic carbocycles. The highest BCUT2D eigenvalue weighted by molar-refractivity contribution is 6.32. The Morgan fingerprint density at radius 2 is 2.38 bits per heavy atom. The Hall–Kier alpha value is -1.26. The minimum Gasteiger partial charge on any atom is -0.506 e. The van der Waals surface area contributed by atoms with E-state index in [0.29, 0.717) is 18.8 Å². The van der Waals surface area contributed by atoms with Crippen molar-refractivity contribution in [2.45, 2.75) is 12.5 Å². The summed E-state index contributed by atoms with van der Waals surface area (Å²) >= 11 is 5.72. The average molecular weight is 242 g/mol. The highest BCUT2D eigenvalue weighted by Crippen LogP contribution is 2.23. The first-order chi connectivity index (χ1) is 7.66. The van der Waals surface area contributed by atoms with Gasteiger partial charge in [0.1, 0.15) is 5.75 Å². The molecule has 0 saturated carbocycles. The zero-order chi connectivity index (χ0) is 11.5. The predicted octanol–water partition coefficient (Wildman–Crippen LogP) is 1.56. The van der Waals surface area contributed by atoms with E-state index in [1.807, 2.05) is 0 Å². The summed E-state index contributed by atoms with van der Waals surface area (Å²) in [6.07, 6.45) is 0.831. The zero-order valence-electron chi connectivity index (χ0n) is 8.57. The summed E-state index contributed by atoms with van der Waals surface area (Å²) in [6.45, 7) is 1.23. The molecule has 16 heavy (non-hydrogen) atoms. The number of nitrogens with one attached hydrogen (secondary N) is 1. The van der Waals surface area contributed by atoms with Crippen LogP contribution in [0.25, 0.3) is 0 Å². The fraction of sp³-hybridized carbons (Fsp3) is 0.364. The third-order valence-corrected chi connectivity index (χ3v) is 2.78. The third kappa shape index (κ3) is 2.46. The normalized spacial score (nSPS) is 19.7. The quantitative estimate of drug-likeness (QED) is 0.826. The monoisotopic (exact) mass is 241 g/mol. The molecule has 1 amide bonds. The number of carbonyl (C=O) groups is 1. The van der Waals surface area contributed by atoms with E-state index in [9.17, 15) is 9.90 Å². The molecule has 1 aliphatic rings. The molecular weight excluding hydrogens is 230 g/mol. The van der Waals surface area contributed by atoms with Crippen LogP contribution in [0.15, 0.2) is 18.2 Å². The molecule has 1 fully saturated rings. The molecule has 1 saturated heterocycles. The number of hydrogen-bond acceptors (Lipinski definition) is 3. The van der Waals surface area contributed by atoms with Crippen molar-refractivity contribution in [3.05, 3.63) is 28.8 Å². The molecule has 86 valence electrons. The van der Waals surface area contributed by atoms with Gasteiger partial charge in [-0.15, -0.1) is 0 Å². The van der Waals surface area contributed by atoms with Gasteiger partial charge >= 0.3 is 0 Å². The van der Waals surface area contributed by atoms with Gasteiger partial charge in [0.25, 0.3) is 5.91 Å². The molecule has 0 bridgehead atoms. The SMILES string of the molecule is O=C(NC1CCOC1)c1ccc(O)c(Cl)c1. The van der Waals surface area contributed by atoms with Crippen molar-refractivity contribution in [1.29, 1.82) is 0 Å². The second kappa shape index (κ2) is 4.72. The van der Waals surface area contributed by atoms with Crippen LogP contribution in [-0.2, 0) is 4.74 Å². The molecule has 4 nitrogen and oxygen atoms in total. The maximum Gasteiger partial charge on any atom is 0.251 e. The molecular formula is C11H12ClNO3. The number of carbonyl (C=O) groups excluding carboxylic acids is 1. The van der Waals surface area contributed by atoms with Gasteiger partial charge in [-0.3, -0.25) is 4.79 Å². The van der Waals surface area contributed by atoms with Crippen LogP contribution in [0.3, 0.4) is 0 Å². The van der Waals surface area contributed by atoms with Crippen molar-refractivity contribution in [2.24, 2.45) is 0 Å². The second-order valence-corrected chi connectivity index (χ2v) is 4.11. The number of ether oxygens (including phenoxy) is 1. The number of aromatic hydroxyl groups is 1. The molecule has 2 rings (SSSR count). The second-order valence-electron chi connectivity index (χ2n) is 3.70. The predicted molar refractivity (Wildman–Crippen MR) is 59.8 cm³/mol. The summed E-state index contributed by atoms with van der Waals surface area (Å²) in [6, 6.07) is 4.46. The fourth-order valence-electron chi connectivity index (χ4n) is 1.57. The van der Waals surface area contributed by atoms with Crippen LogP contribution in [0, 0.1) is 0 Å². The Balaban J connectivity index is 2.05. The first kappa shape index (κ1) is 11.2. The van der Waals surface area contributed by atoms with Gasteiger partial charge in [-0.2, -0.15) is 0 Å². The van der Waals surface area contributed by atoms with Crippen LogP contribution in [0.2, 0.25) is 5.02 Å². The minimum atomic E-state index is -0.197. The molecule has 0 aliphatic carbocycles. The van der Waals surface area contributed by atoms with Crippen LogP contribution < -0.4 is 5.32 Å². The van der Waals surface area contributed by atoms with Crippen molar-refractivity contribution in [1.82, 2.24) is 5.32 Å². The number of hydrogen-bond donors (Lipinski definition) is 2. The number of phenols is 1. The lowest BCUT2D eigenvalue weighted by molar-refractivity contribution is 0.0930. The van der Waals surface area contributed by atoms with Crippen LogP contribution in [0.1, 0.15) is 16.8 Å². The van der Waals surface area contributed by atoms with Gasteiger partial charge in [0.05, 0.1) is 17.7 Å². The Morgan fingerprint density at radius 3 is 3.00 bits per heavy atom. The van der Waals surface area contributed by atoms with Gasteiger partial charge in [0.2, 0.25) is 0 Å². The Labute approximate surface area is 98.2 Å². The van der Waals surface area contributed by atoms with E-state index in [1.54, 1.807) is 0 Å². The Kier molecular flexibility index (Phi) is 3.31. The summed E-state index contributed by atoms with van der Waals surface area (Å²) in [5.74, 6) is -0.222. The molecule has 1 atom stereocenters. The number of halogens is 1. The maximum atomic E-state index is 11.8. The van der Waals surface area contributed by atoms with Gasteiger partial charge in [-0.1, -0.05) is 11.6 Å². The van der Waals surface area contributed by atoms with E-state index in [2.05, 4.69) is 5.32 Å². The lowest BCUT2D eigenvalue weighted by Crippen LogP contribution is -2.34. The summed E-state index contributed by atoms with van der Waals surface area (Å²) < 4.78 is 5.16. The highest BCUT2D eigenvalue weighted by atomic mass is 35.5. The van der Waals surface area contributed by atoms with Gasteiger partial charge < -0.3 is 15.2 Å². The van der Waals surface area contributed by atoms with Gasteiger partial charge in [-0.25, -0.2) is 0 Å². The molecule has 1 aromatic rings.